The molecule has 12 heteroatoms. The van der Waals surface area contributed by atoms with E-state index in [1.54, 1.807) is 19.9 Å². The molecule has 1 N–H and O–H groups in total. The average Bonchev–Trinajstić information content (AvgIpc) is 2.97. The monoisotopic (exact) mass is 611 g/mol. The number of ether oxygens (including phenoxy) is 7. The molecule has 0 radical (unpaired) electrons. The zero-order chi connectivity index (χ0) is 32.4. The summed E-state index contributed by atoms with van der Waals surface area (Å²) in [4.78, 5) is 49.3. The Kier molecular flexibility index (Phi) is 17.8. The van der Waals surface area contributed by atoms with Gasteiger partial charge in [-0.2, -0.15) is 0 Å². The van der Waals surface area contributed by atoms with E-state index >= 15 is 0 Å². The van der Waals surface area contributed by atoms with Crippen LogP contribution in [0.3, 0.4) is 0 Å². The standard InChI is InChI=1S/C31H49NO11/c1-9-12-22(6)40-31(36)41-23(7)17-32-25(28(33)37-8)15-24-13-14-26(42-29(34)38-18-20(4)10-2)27(16-24)43-30(35)39-19-21(5)11-3/h13-14,16,20-23,25,32H,9-12,15,17-19H2,1-8H3/t20?,21?,22?,23?,25-/m0/s1. The van der Waals surface area contributed by atoms with Crippen LogP contribution in [0.4, 0.5) is 14.4 Å². The predicted molar refractivity (Wildman–Crippen MR) is 158 cm³/mol. The lowest BCUT2D eigenvalue weighted by atomic mass is 10.0. The number of methoxy groups -OCH3 is 1. The lowest BCUT2D eigenvalue weighted by molar-refractivity contribution is -0.143. The Morgan fingerprint density at radius 1 is 0.767 bits per heavy atom. The molecule has 0 aromatic heterocycles. The Bertz CT molecular complexity index is 1020. The third-order valence-electron chi connectivity index (χ3n) is 6.63. The third-order valence-corrected chi connectivity index (χ3v) is 6.63. The van der Waals surface area contributed by atoms with Gasteiger partial charge in [0.05, 0.1) is 20.3 Å². The number of nitrogens with one attached hydrogen (secondary N) is 1. The Balaban J connectivity index is 3.03. The molecule has 0 fully saturated rings. The Morgan fingerprint density at radius 3 is 1.86 bits per heavy atom. The summed E-state index contributed by atoms with van der Waals surface area (Å²) in [6.45, 7) is 13.7. The van der Waals surface area contributed by atoms with Gasteiger partial charge < -0.3 is 38.5 Å². The van der Waals surface area contributed by atoms with Crippen molar-refractivity contribution in [2.45, 2.75) is 98.8 Å². The summed E-state index contributed by atoms with van der Waals surface area (Å²) in [6, 6.07) is 3.67. The minimum absolute atomic E-state index is 0.0567. The van der Waals surface area contributed by atoms with Gasteiger partial charge in [-0.15, -0.1) is 0 Å². The molecule has 1 rings (SSSR count). The maximum atomic E-state index is 12.6. The highest BCUT2D eigenvalue weighted by molar-refractivity contribution is 5.76. The Labute approximate surface area is 255 Å². The number of hydrogen-bond donors (Lipinski definition) is 1. The van der Waals surface area contributed by atoms with Crippen molar-refractivity contribution in [3.63, 3.8) is 0 Å². The van der Waals surface area contributed by atoms with Crippen LogP contribution in [0.25, 0.3) is 0 Å². The summed E-state index contributed by atoms with van der Waals surface area (Å²) in [5, 5.41) is 3.04. The van der Waals surface area contributed by atoms with E-state index in [9.17, 15) is 19.2 Å². The molecule has 43 heavy (non-hydrogen) atoms. The fourth-order valence-electron chi connectivity index (χ4n) is 3.53. The maximum Gasteiger partial charge on any atom is 0.513 e. The van der Waals surface area contributed by atoms with Gasteiger partial charge in [-0.3, -0.25) is 4.79 Å². The molecule has 0 heterocycles. The van der Waals surface area contributed by atoms with Gasteiger partial charge in [-0.05, 0) is 56.2 Å². The minimum atomic E-state index is -0.968. The van der Waals surface area contributed by atoms with Crippen LogP contribution in [0.2, 0.25) is 0 Å². The topological polar surface area (TPSA) is 145 Å². The Hall–Kier alpha value is -3.54. The van der Waals surface area contributed by atoms with Crippen molar-refractivity contribution in [3.05, 3.63) is 23.8 Å². The largest absolute Gasteiger partial charge is 0.513 e. The first-order chi connectivity index (χ1) is 20.4. The van der Waals surface area contributed by atoms with Gasteiger partial charge in [0.15, 0.2) is 11.5 Å². The van der Waals surface area contributed by atoms with Crippen molar-refractivity contribution in [2.24, 2.45) is 11.8 Å². The first kappa shape index (κ1) is 37.5. The van der Waals surface area contributed by atoms with Gasteiger partial charge >= 0.3 is 24.4 Å². The molecule has 0 saturated heterocycles. The van der Waals surface area contributed by atoms with E-state index in [4.69, 9.17) is 33.2 Å². The predicted octanol–water partition coefficient (Wildman–Crippen LogP) is 6.21. The minimum Gasteiger partial charge on any atom is -0.468 e. The van der Waals surface area contributed by atoms with E-state index in [1.807, 2.05) is 34.6 Å². The molecule has 0 aliphatic heterocycles. The van der Waals surface area contributed by atoms with Crippen molar-refractivity contribution in [2.75, 3.05) is 26.9 Å². The first-order valence-electron chi connectivity index (χ1n) is 14.9. The Morgan fingerprint density at radius 2 is 1.33 bits per heavy atom. The van der Waals surface area contributed by atoms with Crippen LogP contribution in [-0.4, -0.2) is 69.6 Å². The van der Waals surface area contributed by atoms with Crippen LogP contribution < -0.4 is 14.8 Å². The first-order valence-corrected chi connectivity index (χ1v) is 14.9. The smallest absolute Gasteiger partial charge is 0.468 e. The van der Waals surface area contributed by atoms with Gasteiger partial charge in [0.2, 0.25) is 0 Å². The van der Waals surface area contributed by atoms with Crippen LogP contribution in [0.15, 0.2) is 18.2 Å². The number of benzene rings is 1. The van der Waals surface area contributed by atoms with Crippen molar-refractivity contribution in [3.8, 4) is 11.5 Å². The number of hydrogen-bond acceptors (Lipinski definition) is 12. The van der Waals surface area contributed by atoms with Crippen molar-refractivity contribution < 1.29 is 52.3 Å². The molecular formula is C31H49NO11. The van der Waals surface area contributed by atoms with E-state index in [-0.39, 0.29) is 55.6 Å². The quantitative estimate of drug-likeness (QED) is 0.114. The summed E-state index contributed by atoms with van der Waals surface area (Å²) in [6.07, 6.45) is -0.253. The number of carbonyl (C=O) groups is 4. The SMILES string of the molecule is CCCC(C)OC(=O)OC(C)CN[C@@H](Cc1ccc(OC(=O)OCC(C)CC)c(OC(=O)OCC(C)CC)c1)C(=O)OC. The van der Waals surface area contributed by atoms with Crippen LogP contribution >= 0.6 is 0 Å². The van der Waals surface area contributed by atoms with E-state index in [0.717, 1.165) is 25.7 Å². The molecule has 0 bridgehead atoms. The van der Waals surface area contributed by atoms with Crippen molar-refractivity contribution in [1.82, 2.24) is 5.32 Å². The summed E-state index contributed by atoms with van der Waals surface area (Å²) in [7, 11) is 1.26. The zero-order valence-corrected chi connectivity index (χ0v) is 26.8. The van der Waals surface area contributed by atoms with Gasteiger partial charge in [-0.1, -0.05) is 59.9 Å². The highest BCUT2D eigenvalue weighted by atomic mass is 16.7. The zero-order valence-electron chi connectivity index (χ0n) is 26.8. The highest BCUT2D eigenvalue weighted by Gasteiger charge is 2.24. The molecular weight excluding hydrogens is 562 g/mol. The van der Waals surface area contributed by atoms with Crippen LogP contribution in [0, 0.1) is 11.8 Å². The van der Waals surface area contributed by atoms with E-state index in [2.05, 4.69) is 5.32 Å². The van der Waals surface area contributed by atoms with Gasteiger partial charge in [0.25, 0.3) is 0 Å². The molecule has 1 aromatic carbocycles. The second kappa shape index (κ2) is 20.4. The van der Waals surface area contributed by atoms with Crippen molar-refractivity contribution in [1.29, 1.82) is 0 Å². The van der Waals surface area contributed by atoms with Gasteiger partial charge in [0.1, 0.15) is 18.2 Å². The van der Waals surface area contributed by atoms with Crippen LogP contribution in [-0.2, 0) is 34.9 Å². The third kappa shape index (κ3) is 15.5. The number of carbonyl (C=O) groups excluding carboxylic acids is 4. The molecule has 12 nitrogen and oxygen atoms in total. The molecule has 244 valence electrons. The van der Waals surface area contributed by atoms with Crippen molar-refractivity contribution >= 4 is 24.4 Å². The van der Waals surface area contributed by atoms with Crippen LogP contribution in [0.5, 0.6) is 11.5 Å². The molecule has 4 unspecified atom stereocenters. The molecule has 5 atom stereocenters. The number of esters is 1. The fourth-order valence-corrected chi connectivity index (χ4v) is 3.53. The number of rotatable bonds is 18. The summed E-state index contributed by atoms with van der Waals surface area (Å²) >= 11 is 0. The molecule has 0 aliphatic carbocycles. The van der Waals surface area contributed by atoms with Gasteiger partial charge in [-0.25, -0.2) is 14.4 Å². The van der Waals surface area contributed by atoms with E-state index in [0.29, 0.717) is 5.56 Å². The fraction of sp³-hybridized carbons (Fsp3) is 0.677. The summed E-state index contributed by atoms with van der Waals surface area (Å²) in [5.41, 5.74) is 0.550. The molecule has 0 spiro atoms. The second-order valence-corrected chi connectivity index (χ2v) is 10.7. The molecule has 0 aliphatic rings. The maximum absolute atomic E-state index is 12.6. The van der Waals surface area contributed by atoms with Gasteiger partial charge in [0, 0.05) is 6.54 Å². The average molecular weight is 612 g/mol. The normalized spacial score (nSPS) is 14.3. The van der Waals surface area contributed by atoms with E-state index in [1.165, 1.54) is 19.2 Å². The molecule has 1 aromatic rings. The molecule has 0 amide bonds. The van der Waals surface area contributed by atoms with Crippen LogP contribution in [0.1, 0.15) is 79.7 Å². The van der Waals surface area contributed by atoms with E-state index < -0.39 is 36.6 Å². The second-order valence-electron chi connectivity index (χ2n) is 10.7. The summed E-state index contributed by atoms with van der Waals surface area (Å²) < 4.78 is 36.5. The lowest BCUT2D eigenvalue weighted by Gasteiger charge is -2.21. The summed E-state index contributed by atoms with van der Waals surface area (Å²) in [5.74, 6) is -0.428. The molecule has 0 saturated carbocycles. The highest BCUT2D eigenvalue weighted by Crippen LogP contribution is 2.30. The lowest BCUT2D eigenvalue weighted by Crippen LogP contribution is -2.43.